The Morgan fingerprint density at radius 1 is 0.611 bits per heavy atom. The molecule has 12 heteroatoms. The lowest BCUT2D eigenvalue weighted by molar-refractivity contribution is -0.135. The Bertz CT molecular complexity index is 815. The minimum atomic E-state index is -0.940. The number of amides is 6. The zero-order valence-corrected chi connectivity index (χ0v) is 22.2. The summed E-state index contributed by atoms with van der Waals surface area (Å²) in [5, 5.41) is 15.3. The molecule has 204 valence electrons. The first-order valence-corrected chi connectivity index (χ1v) is 12.5. The molecule has 0 aromatic carbocycles. The average Bonchev–Trinajstić information content (AvgIpc) is 2.80. The summed E-state index contributed by atoms with van der Waals surface area (Å²) in [6, 6.07) is -2.80. The summed E-state index contributed by atoms with van der Waals surface area (Å²) in [6.45, 7) is 10.1. The lowest BCUT2D eigenvalue weighted by atomic mass is 9.96. The number of hydrogen-bond donors (Lipinski definition) is 6. The number of carbonyl (C=O) groups excluding carboxylic acids is 6. The van der Waals surface area contributed by atoms with Crippen LogP contribution in [-0.2, 0) is 28.8 Å². The number of hydrogen-bond acceptors (Lipinski definition) is 6. The number of nitrogens with one attached hydrogen (secondary N) is 6. The fourth-order valence-corrected chi connectivity index (χ4v) is 3.64. The first-order chi connectivity index (χ1) is 16.8. The summed E-state index contributed by atoms with van der Waals surface area (Å²) < 4.78 is 0. The van der Waals surface area contributed by atoms with Crippen molar-refractivity contribution < 1.29 is 28.8 Å². The second kappa shape index (κ2) is 15.0. The van der Waals surface area contributed by atoms with Gasteiger partial charge < -0.3 is 31.9 Å². The predicted octanol–water partition coefficient (Wildman–Crippen LogP) is -1.06. The van der Waals surface area contributed by atoms with Crippen LogP contribution in [0.15, 0.2) is 0 Å². The molecular formula is C24H42N6O6. The summed E-state index contributed by atoms with van der Waals surface area (Å²) in [7, 11) is 0. The Morgan fingerprint density at radius 2 is 1.06 bits per heavy atom. The lowest BCUT2D eigenvalue weighted by Gasteiger charge is -2.28. The molecule has 1 heterocycles. The van der Waals surface area contributed by atoms with Crippen molar-refractivity contribution in [3.63, 3.8) is 0 Å². The van der Waals surface area contributed by atoms with E-state index in [1.807, 2.05) is 34.6 Å². The van der Waals surface area contributed by atoms with E-state index in [4.69, 9.17) is 0 Å². The first kappa shape index (κ1) is 30.9. The maximum Gasteiger partial charge on any atom is 0.243 e. The second-order valence-corrected chi connectivity index (χ2v) is 10.1. The molecule has 6 amide bonds. The molecule has 1 aliphatic rings. The van der Waals surface area contributed by atoms with Crippen molar-refractivity contribution in [3.8, 4) is 0 Å². The van der Waals surface area contributed by atoms with Crippen LogP contribution < -0.4 is 31.9 Å². The van der Waals surface area contributed by atoms with Crippen molar-refractivity contribution in [2.75, 3.05) is 19.6 Å². The van der Waals surface area contributed by atoms with E-state index in [1.165, 1.54) is 0 Å². The monoisotopic (exact) mass is 510 g/mol. The van der Waals surface area contributed by atoms with Crippen LogP contribution in [0, 0.1) is 17.8 Å². The smallest absolute Gasteiger partial charge is 0.243 e. The van der Waals surface area contributed by atoms with Crippen LogP contribution in [0.25, 0.3) is 0 Å². The number of carbonyl (C=O) groups is 6. The predicted molar refractivity (Wildman–Crippen MR) is 133 cm³/mol. The van der Waals surface area contributed by atoms with Crippen LogP contribution in [0.4, 0.5) is 0 Å². The molecule has 0 spiro atoms. The van der Waals surface area contributed by atoms with Crippen LogP contribution in [0.5, 0.6) is 0 Å². The third-order valence-corrected chi connectivity index (χ3v) is 5.81. The molecule has 0 aliphatic carbocycles. The van der Waals surface area contributed by atoms with Crippen LogP contribution in [-0.4, -0.2) is 73.2 Å². The SMILES string of the molecule is CCC(C)C1NC(=O)C(CC(C)C)NC(=O)C(CC(C)C)NC(=O)CNC(=O)CNC(=O)CNC1=O. The molecule has 0 saturated carbocycles. The molecule has 0 aromatic heterocycles. The van der Waals surface area contributed by atoms with Gasteiger partial charge in [0.1, 0.15) is 18.1 Å². The van der Waals surface area contributed by atoms with Crippen molar-refractivity contribution in [2.45, 2.75) is 78.9 Å². The number of rotatable bonds is 6. The van der Waals surface area contributed by atoms with Crippen LogP contribution in [0.1, 0.15) is 60.8 Å². The third-order valence-electron chi connectivity index (χ3n) is 5.81. The topological polar surface area (TPSA) is 175 Å². The van der Waals surface area contributed by atoms with Crippen molar-refractivity contribution in [3.05, 3.63) is 0 Å². The summed E-state index contributed by atoms with van der Waals surface area (Å²) in [5.41, 5.74) is 0. The zero-order chi connectivity index (χ0) is 27.4. The van der Waals surface area contributed by atoms with E-state index in [0.717, 1.165) is 0 Å². The first-order valence-electron chi connectivity index (χ1n) is 12.5. The minimum absolute atomic E-state index is 0.0480. The lowest BCUT2D eigenvalue weighted by Crippen LogP contribution is -2.59. The van der Waals surface area contributed by atoms with Crippen molar-refractivity contribution >= 4 is 35.4 Å². The van der Waals surface area contributed by atoms with Gasteiger partial charge in [0, 0.05) is 0 Å². The average molecular weight is 511 g/mol. The third kappa shape index (κ3) is 11.0. The van der Waals surface area contributed by atoms with Crippen LogP contribution in [0.3, 0.4) is 0 Å². The van der Waals surface area contributed by atoms with E-state index < -0.39 is 60.1 Å². The van der Waals surface area contributed by atoms with E-state index in [9.17, 15) is 28.8 Å². The van der Waals surface area contributed by atoms with E-state index in [0.29, 0.717) is 19.3 Å². The Kier molecular flexibility index (Phi) is 12.9. The van der Waals surface area contributed by atoms with Crippen molar-refractivity contribution in [1.82, 2.24) is 31.9 Å². The Morgan fingerprint density at radius 3 is 1.56 bits per heavy atom. The van der Waals surface area contributed by atoms with Gasteiger partial charge in [-0.2, -0.15) is 0 Å². The quantitative estimate of drug-likeness (QED) is 0.266. The molecule has 12 nitrogen and oxygen atoms in total. The van der Waals surface area contributed by atoms with Gasteiger partial charge in [0.05, 0.1) is 19.6 Å². The molecule has 0 radical (unpaired) electrons. The summed E-state index contributed by atoms with van der Waals surface area (Å²) >= 11 is 0. The highest BCUT2D eigenvalue weighted by molar-refractivity contribution is 5.96. The van der Waals surface area contributed by atoms with Gasteiger partial charge in [0.15, 0.2) is 0 Å². The van der Waals surface area contributed by atoms with E-state index in [2.05, 4.69) is 31.9 Å². The molecular weight excluding hydrogens is 468 g/mol. The van der Waals surface area contributed by atoms with Gasteiger partial charge in [-0.05, 0) is 30.6 Å². The molecule has 1 rings (SSSR count). The molecule has 36 heavy (non-hydrogen) atoms. The van der Waals surface area contributed by atoms with Crippen LogP contribution in [0.2, 0.25) is 0 Å². The maximum absolute atomic E-state index is 13.2. The summed E-state index contributed by atoms with van der Waals surface area (Å²) in [5.74, 6) is -3.52. The highest BCUT2D eigenvalue weighted by Gasteiger charge is 2.32. The van der Waals surface area contributed by atoms with Gasteiger partial charge in [-0.15, -0.1) is 0 Å². The molecule has 0 aromatic rings. The summed E-state index contributed by atoms with van der Waals surface area (Å²) in [6.07, 6.45) is 1.21. The molecule has 1 saturated heterocycles. The Labute approximate surface area is 212 Å². The van der Waals surface area contributed by atoms with Gasteiger partial charge >= 0.3 is 0 Å². The molecule has 0 bridgehead atoms. The van der Waals surface area contributed by atoms with Gasteiger partial charge in [-0.25, -0.2) is 0 Å². The molecule has 1 fully saturated rings. The zero-order valence-electron chi connectivity index (χ0n) is 22.2. The molecule has 6 N–H and O–H groups in total. The maximum atomic E-state index is 13.2. The van der Waals surface area contributed by atoms with Gasteiger partial charge in [0.2, 0.25) is 35.4 Å². The van der Waals surface area contributed by atoms with E-state index in [1.54, 1.807) is 6.92 Å². The largest absolute Gasteiger partial charge is 0.346 e. The Hall–Kier alpha value is -3.18. The Balaban J connectivity index is 3.27. The van der Waals surface area contributed by atoms with Gasteiger partial charge in [-0.3, -0.25) is 28.8 Å². The van der Waals surface area contributed by atoms with Gasteiger partial charge in [0.25, 0.3) is 0 Å². The highest BCUT2D eigenvalue weighted by atomic mass is 16.2. The molecule has 4 atom stereocenters. The standard InChI is InChI=1S/C24H42N6O6/c1-7-15(6)21-24(36)27-11-19(32)25-10-18(31)26-12-20(33)28-16(8-13(2)3)22(34)29-17(9-14(4)5)23(35)30-21/h13-17,21H,7-12H2,1-6H3,(H,25,32)(H,26,31)(H,27,36)(H,28,33)(H,29,34)(H,30,35). The van der Waals surface area contributed by atoms with Crippen molar-refractivity contribution in [1.29, 1.82) is 0 Å². The van der Waals surface area contributed by atoms with Crippen molar-refractivity contribution in [2.24, 2.45) is 17.8 Å². The van der Waals surface area contributed by atoms with E-state index >= 15 is 0 Å². The summed E-state index contributed by atoms with van der Waals surface area (Å²) in [4.78, 5) is 75.7. The van der Waals surface area contributed by atoms with Gasteiger partial charge in [-0.1, -0.05) is 48.0 Å². The van der Waals surface area contributed by atoms with E-state index in [-0.39, 0.29) is 30.8 Å². The second-order valence-electron chi connectivity index (χ2n) is 10.1. The fourth-order valence-electron chi connectivity index (χ4n) is 3.64. The normalized spacial score (nSPS) is 24.5. The molecule has 4 unspecified atom stereocenters. The molecule has 1 aliphatic heterocycles. The highest BCUT2D eigenvalue weighted by Crippen LogP contribution is 2.12. The fraction of sp³-hybridized carbons (Fsp3) is 0.750. The van der Waals surface area contributed by atoms with Crippen LogP contribution >= 0.6 is 0 Å². The minimum Gasteiger partial charge on any atom is -0.346 e.